The summed E-state index contributed by atoms with van der Waals surface area (Å²) in [5.41, 5.74) is 0.237. The Hall–Kier alpha value is -1.36. The predicted octanol–water partition coefficient (Wildman–Crippen LogP) is 2.39. The minimum absolute atomic E-state index is 0.167. The number of carboxylic acid groups (broad SMARTS) is 1. The van der Waals surface area contributed by atoms with Gasteiger partial charge in [-0.1, -0.05) is 0 Å². The van der Waals surface area contributed by atoms with Crippen LogP contribution in [-0.2, 0) is 4.79 Å². The molecule has 1 aromatic carbocycles. The average molecular weight is 261 g/mol. The van der Waals surface area contributed by atoms with Gasteiger partial charge in [0.05, 0.1) is 4.47 Å². The Balaban J connectivity index is 3.10. The third kappa shape index (κ3) is 2.56. The molecule has 0 atom stereocenters. The van der Waals surface area contributed by atoms with Crippen molar-refractivity contribution in [1.29, 1.82) is 0 Å². The largest absolute Gasteiger partial charge is 0.507 e. The van der Waals surface area contributed by atoms with Gasteiger partial charge in [-0.2, -0.15) is 0 Å². The van der Waals surface area contributed by atoms with Gasteiger partial charge in [-0.15, -0.1) is 0 Å². The van der Waals surface area contributed by atoms with E-state index in [9.17, 15) is 14.3 Å². The maximum atomic E-state index is 12.8. The first-order valence-corrected chi connectivity index (χ1v) is 4.39. The summed E-state index contributed by atoms with van der Waals surface area (Å²) in [7, 11) is 0. The summed E-state index contributed by atoms with van der Waals surface area (Å²) in [5.74, 6) is -2.04. The lowest BCUT2D eigenvalue weighted by atomic mass is 10.2. The van der Waals surface area contributed by atoms with Gasteiger partial charge in [0, 0.05) is 17.7 Å². The number of benzene rings is 1. The van der Waals surface area contributed by atoms with Crippen LogP contribution in [0.2, 0.25) is 0 Å². The van der Waals surface area contributed by atoms with Gasteiger partial charge in [0.2, 0.25) is 0 Å². The number of hydrogen-bond acceptors (Lipinski definition) is 2. The van der Waals surface area contributed by atoms with Gasteiger partial charge in [-0.3, -0.25) is 0 Å². The second-order valence-corrected chi connectivity index (χ2v) is 3.35. The van der Waals surface area contributed by atoms with Gasteiger partial charge in [-0.05, 0) is 28.1 Å². The molecule has 0 saturated heterocycles. The summed E-state index contributed by atoms with van der Waals surface area (Å²) in [6.45, 7) is 0. The van der Waals surface area contributed by atoms with E-state index in [-0.39, 0.29) is 15.8 Å². The lowest BCUT2D eigenvalue weighted by Crippen LogP contribution is -1.87. The third-order valence-corrected chi connectivity index (χ3v) is 2.08. The first kappa shape index (κ1) is 10.7. The van der Waals surface area contributed by atoms with Crippen LogP contribution in [0.1, 0.15) is 5.56 Å². The number of aliphatic carboxylic acids is 1. The molecule has 1 rings (SSSR count). The molecule has 0 amide bonds. The van der Waals surface area contributed by atoms with E-state index in [1.165, 1.54) is 12.1 Å². The van der Waals surface area contributed by atoms with Crippen LogP contribution < -0.4 is 0 Å². The monoisotopic (exact) mass is 260 g/mol. The summed E-state index contributed by atoms with van der Waals surface area (Å²) in [6.07, 6.45) is 2.04. The summed E-state index contributed by atoms with van der Waals surface area (Å²) in [5, 5.41) is 17.6. The number of rotatable bonds is 2. The lowest BCUT2D eigenvalue weighted by molar-refractivity contribution is -0.131. The van der Waals surface area contributed by atoms with Crippen molar-refractivity contribution in [2.45, 2.75) is 0 Å². The molecule has 3 nitrogen and oxygen atoms in total. The van der Waals surface area contributed by atoms with Crippen molar-refractivity contribution < 1.29 is 19.4 Å². The maximum absolute atomic E-state index is 12.8. The smallest absolute Gasteiger partial charge is 0.328 e. The van der Waals surface area contributed by atoms with E-state index in [1.807, 2.05) is 0 Å². The van der Waals surface area contributed by atoms with Crippen LogP contribution in [0.5, 0.6) is 5.75 Å². The maximum Gasteiger partial charge on any atom is 0.328 e. The van der Waals surface area contributed by atoms with Crippen molar-refractivity contribution in [2.75, 3.05) is 0 Å². The SMILES string of the molecule is O=C(O)/C=C/c1cc(Br)c(F)cc1O. The number of aromatic hydroxyl groups is 1. The zero-order valence-electron chi connectivity index (χ0n) is 6.87. The Labute approximate surface area is 87.6 Å². The van der Waals surface area contributed by atoms with Crippen molar-refractivity contribution in [3.63, 3.8) is 0 Å². The molecular formula is C9H6BrFO3. The minimum Gasteiger partial charge on any atom is -0.507 e. The quantitative estimate of drug-likeness (QED) is 0.803. The highest BCUT2D eigenvalue weighted by molar-refractivity contribution is 9.10. The van der Waals surface area contributed by atoms with E-state index in [1.54, 1.807) is 0 Å². The van der Waals surface area contributed by atoms with Crippen molar-refractivity contribution in [3.8, 4) is 5.75 Å². The molecule has 0 fully saturated rings. The second-order valence-electron chi connectivity index (χ2n) is 2.50. The molecule has 1 aromatic rings. The normalized spacial score (nSPS) is 10.7. The molecule has 0 bridgehead atoms. The highest BCUT2D eigenvalue weighted by atomic mass is 79.9. The fourth-order valence-electron chi connectivity index (χ4n) is 0.846. The van der Waals surface area contributed by atoms with Crippen molar-refractivity contribution >= 4 is 28.0 Å². The molecule has 2 N–H and O–H groups in total. The van der Waals surface area contributed by atoms with Crippen LogP contribution in [-0.4, -0.2) is 16.2 Å². The third-order valence-electron chi connectivity index (χ3n) is 1.48. The number of hydrogen-bond donors (Lipinski definition) is 2. The fraction of sp³-hybridized carbons (Fsp3) is 0. The summed E-state index contributed by atoms with van der Waals surface area (Å²) >= 11 is 2.92. The van der Waals surface area contributed by atoms with Crippen LogP contribution in [0.25, 0.3) is 6.08 Å². The van der Waals surface area contributed by atoms with E-state index < -0.39 is 11.8 Å². The molecule has 0 aliphatic heterocycles. The van der Waals surface area contributed by atoms with Crippen LogP contribution in [0.4, 0.5) is 4.39 Å². The first-order chi connectivity index (χ1) is 6.50. The van der Waals surface area contributed by atoms with E-state index in [0.29, 0.717) is 0 Å². The van der Waals surface area contributed by atoms with Crippen LogP contribution in [0, 0.1) is 5.82 Å². The van der Waals surface area contributed by atoms with Gasteiger partial charge < -0.3 is 10.2 Å². The molecule has 0 aliphatic carbocycles. The lowest BCUT2D eigenvalue weighted by Gasteiger charge is -2.00. The molecule has 74 valence electrons. The topological polar surface area (TPSA) is 57.5 Å². The predicted molar refractivity (Wildman–Crippen MR) is 52.4 cm³/mol. The van der Waals surface area contributed by atoms with E-state index >= 15 is 0 Å². The van der Waals surface area contributed by atoms with Crippen molar-refractivity contribution in [3.05, 3.63) is 34.1 Å². The zero-order chi connectivity index (χ0) is 10.7. The van der Waals surface area contributed by atoms with Gasteiger partial charge in [-0.25, -0.2) is 9.18 Å². The van der Waals surface area contributed by atoms with E-state index in [0.717, 1.165) is 12.1 Å². The standard InChI is InChI=1S/C9H6BrFO3/c10-6-3-5(1-2-9(13)14)8(12)4-7(6)11/h1-4,12H,(H,13,14)/b2-1+. The van der Waals surface area contributed by atoms with Crippen LogP contribution in [0.3, 0.4) is 0 Å². The summed E-state index contributed by atoms with van der Waals surface area (Å²) in [4.78, 5) is 10.2. The molecule has 0 heterocycles. The second kappa shape index (κ2) is 4.23. The number of phenolic OH excluding ortho intramolecular Hbond substituents is 1. The highest BCUT2D eigenvalue weighted by Crippen LogP contribution is 2.26. The number of phenols is 1. The Bertz CT molecular complexity index is 401. The Morgan fingerprint density at radius 1 is 1.50 bits per heavy atom. The minimum atomic E-state index is -1.13. The molecule has 0 spiro atoms. The Morgan fingerprint density at radius 2 is 2.14 bits per heavy atom. The summed E-state index contributed by atoms with van der Waals surface area (Å²) in [6, 6.07) is 2.20. The molecule has 14 heavy (non-hydrogen) atoms. The highest BCUT2D eigenvalue weighted by Gasteiger charge is 2.05. The van der Waals surface area contributed by atoms with Gasteiger partial charge >= 0.3 is 5.97 Å². The van der Waals surface area contributed by atoms with Gasteiger partial charge in [0.15, 0.2) is 0 Å². The van der Waals surface area contributed by atoms with Gasteiger partial charge in [0.25, 0.3) is 0 Å². The molecule has 0 unspecified atom stereocenters. The van der Waals surface area contributed by atoms with Gasteiger partial charge in [0.1, 0.15) is 11.6 Å². The summed E-state index contributed by atoms with van der Waals surface area (Å²) < 4.78 is 13.0. The molecule has 0 saturated carbocycles. The molecule has 0 aromatic heterocycles. The Morgan fingerprint density at radius 3 is 2.71 bits per heavy atom. The van der Waals surface area contributed by atoms with E-state index in [2.05, 4.69) is 15.9 Å². The number of halogens is 2. The molecule has 0 aliphatic rings. The first-order valence-electron chi connectivity index (χ1n) is 3.59. The zero-order valence-corrected chi connectivity index (χ0v) is 8.45. The van der Waals surface area contributed by atoms with Crippen molar-refractivity contribution in [2.24, 2.45) is 0 Å². The number of carbonyl (C=O) groups is 1. The average Bonchev–Trinajstić information content (AvgIpc) is 2.09. The molecule has 5 heteroatoms. The van der Waals surface area contributed by atoms with Crippen LogP contribution >= 0.6 is 15.9 Å². The van der Waals surface area contributed by atoms with Crippen LogP contribution in [0.15, 0.2) is 22.7 Å². The fourth-order valence-corrected chi connectivity index (χ4v) is 1.21. The number of carboxylic acids is 1. The Kier molecular flexibility index (Phi) is 3.24. The molecular weight excluding hydrogens is 255 g/mol. The van der Waals surface area contributed by atoms with Crippen molar-refractivity contribution in [1.82, 2.24) is 0 Å². The van der Waals surface area contributed by atoms with E-state index in [4.69, 9.17) is 5.11 Å². The molecule has 0 radical (unpaired) electrons.